The van der Waals surface area contributed by atoms with E-state index in [1.54, 1.807) is 0 Å². The number of rotatable bonds is 4. The highest BCUT2D eigenvalue weighted by Gasteiger charge is 2.15. The number of hydrogen-bond donors (Lipinski definition) is 1. The van der Waals surface area contributed by atoms with Gasteiger partial charge in [-0.15, -0.1) is 0 Å². The van der Waals surface area contributed by atoms with Crippen molar-refractivity contribution in [2.75, 3.05) is 5.32 Å². The Balaban J connectivity index is 0.00000161. The van der Waals surface area contributed by atoms with Crippen LogP contribution in [0, 0.1) is 0 Å². The van der Waals surface area contributed by atoms with Crippen molar-refractivity contribution in [2.45, 2.75) is 13.5 Å². The first-order chi connectivity index (χ1) is 9.88. The van der Waals surface area contributed by atoms with E-state index in [9.17, 15) is 0 Å². The van der Waals surface area contributed by atoms with Crippen molar-refractivity contribution in [3.05, 3.63) is 65.8 Å². The van der Waals surface area contributed by atoms with E-state index in [-0.39, 0.29) is 12.4 Å². The normalized spacial score (nSPS) is 10.7. The summed E-state index contributed by atoms with van der Waals surface area (Å²) in [6, 6.07) is 18.7. The van der Waals surface area contributed by atoms with Crippen LogP contribution in [-0.4, -0.2) is 0 Å². The largest absolute Gasteiger partial charge is 1.00 e. The zero-order valence-electron chi connectivity index (χ0n) is 11.8. The molecule has 0 spiro atoms. The summed E-state index contributed by atoms with van der Waals surface area (Å²) in [6.07, 6.45) is 4.15. The Morgan fingerprint density at radius 3 is 2.52 bits per heavy atom. The molecule has 0 saturated heterocycles. The number of benzene rings is 2. The minimum atomic E-state index is 0. The fourth-order valence-electron chi connectivity index (χ4n) is 2.25. The van der Waals surface area contributed by atoms with Crippen LogP contribution in [0.3, 0.4) is 0 Å². The van der Waals surface area contributed by atoms with E-state index in [0.29, 0.717) is 0 Å². The highest BCUT2D eigenvalue weighted by atomic mass is 35.5. The van der Waals surface area contributed by atoms with Crippen LogP contribution < -0.4 is 22.3 Å². The predicted octanol–water partition coefficient (Wildman–Crippen LogP) is 1.30. The van der Waals surface area contributed by atoms with Crippen LogP contribution in [0.15, 0.2) is 60.8 Å². The summed E-state index contributed by atoms with van der Waals surface area (Å²) in [6.45, 7) is 3.16. The van der Waals surface area contributed by atoms with Crippen LogP contribution in [0.1, 0.15) is 11.9 Å². The molecule has 2 nitrogen and oxygen atoms in total. The highest BCUT2D eigenvalue weighted by molar-refractivity contribution is 7.18. The van der Waals surface area contributed by atoms with Crippen molar-refractivity contribution in [1.82, 2.24) is 0 Å². The molecule has 4 heteroatoms. The third kappa shape index (κ3) is 3.43. The van der Waals surface area contributed by atoms with Gasteiger partial charge < -0.3 is 17.7 Å². The number of fused-ring (bicyclic) bond motifs is 1. The second-order valence-corrected chi connectivity index (χ2v) is 5.56. The minimum absolute atomic E-state index is 0. The van der Waals surface area contributed by atoms with E-state index in [4.69, 9.17) is 0 Å². The van der Waals surface area contributed by atoms with Gasteiger partial charge in [-0.25, -0.2) is 0 Å². The lowest BCUT2D eigenvalue weighted by molar-refractivity contribution is -0.665. The highest BCUT2D eigenvalue weighted by Crippen LogP contribution is 2.21. The van der Waals surface area contributed by atoms with Gasteiger partial charge in [0.25, 0.3) is 5.01 Å². The maximum Gasteiger partial charge on any atom is 0.264 e. The minimum Gasteiger partial charge on any atom is -1.00 e. The van der Waals surface area contributed by atoms with Crippen LogP contribution in [0.4, 0.5) is 5.69 Å². The Morgan fingerprint density at radius 1 is 1.05 bits per heavy atom. The second kappa shape index (κ2) is 7.25. The molecule has 2 aromatic carbocycles. The molecule has 0 atom stereocenters. The maximum absolute atomic E-state index is 3.30. The Kier molecular flexibility index (Phi) is 5.37. The topological polar surface area (TPSA) is 15.9 Å². The third-order valence-corrected chi connectivity index (χ3v) is 4.33. The summed E-state index contributed by atoms with van der Waals surface area (Å²) in [7, 11) is 0. The smallest absolute Gasteiger partial charge is 0.264 e. The molecule has 0 unspecified atom stereocenters. The molecule has 3 aromatic rings. The third-order valence-electron chi connectivity index (χ3n) is 3.20. The lowest BCUT2D eigenvalue weighted by Gasteiger charge is -1.97. The van der Waals surface area contributed by atoms with Crippen molar-refractivity contribution in [3.63, 3.8) is 0 Å². The van der Waals surface area contributed by atoms with Gasteiger partial charge in [-0.05, 0) is 25.1 Å². The summed E-state index contributed by atoms with van der Waals surface area (Å²) in [5, 5.41) is 4.56. The van der Waals surface area contributed by atoms with Crippen molar-refractivity contribution >= 4 is 33.3 Å². The summed E-state index contributed by atoms with van der Waals surface area (Å²) >= 11 is 1.82. The molecule has 0 bridgehead atoms. The molecule has 0 aliphatic rings. The average molecular weight is 317 g/mol. The van der Waals surface area contributed by atoms with Gasteiger partial charge in [-0.3, -0.25) is 0 Å². The van der Waals surface area contributed by atoms with E-state index < -0.39 is 0 Å². The molecule has 1 N–H and O–H groups in total. The van der Waals surface area contributed by atoms with E-state index in [1.165, 1.54) is 15.2 Å². The summed E-state index contributed by atoms with van der Waals surface area (Å²) in [5.41, 5.74) is 2.41. The molecule has 0 aliphatic heterocycles. The second-order valence-electron chi connectivity index (χ2n) is 4.50. The number of halogens is 1. The fourth-order valence-corrected chi connectivity index (χ4v) is 3.38. The Labute approximate surface area is 135 Å². The van der Waals surface area contributed by atoms with Crippen LogP contribution in [0.2, 0.25) is 0 Å². The van der Waals surface area contributed by atoms with E-state index in [0.717, 1.165) is 12.2 Å². The van der Waals surface area contributed by atoms with E-state index >= 15 is 0 Å². The number of para-hydroxylation sites is 2. The number of anilines is 1. The lowest BCUT2D eigenvalue weighted by Crippen LogP contribution is -3.00. The van der Waals surface area contributed by atoms with Gasteiger partial charge in [0.15, 0.2) is 0 Å². The number of nitrogens with one attached hydrogen (secondary N) is 1. The summed E-state index contributed by atoms with van der Waals surface area (Å²) < 4.78 is 3.66. The number of thiazole rings is 1. The quantitative estimate of drug-likeness (QED) is 0.717. The van der Waals surface area contributed by atoms with Crippen LogP contribution in [0.5, 0.6) is 0 Å². The Bertz CT molecular complexity index is 735. The molecule has 0 aliphatic carbocycles. The molecule has 1 aromatic heterocycles. The zero-order valence-corrected chi connectivity index (χ0v) is 13.4. The standard InChI is InChI=1S/C17H16N2S.ClH/c1-2-19-15-10-6-7-11-16(15)20-17(19)12-13-18-14-8-4-3-5-9-14;/h3-13H,2H2,1H3;1H. The SMILES string of the molecule is CC[n+]1c(/C=C/Nc2ccccc2)sc2ccccc21.[Cl-]. The maximum atomic E-state index is 3.30. The van der Waals surface area contributed by atoms with E-state index in [2.05, 4.69) is 59.3 Å². The van der Waals surface area contributed by atoms with Crippen LogP contribution >= 0.6 is 11.3 Å². The predicted molar refractivity (Wildman–Crippen MR) is 86.8 cm³/mol. The monoisotopic (exact) mass is 316 g/mol. The molecule has 21 heavy (non-hydrogen) atoms. The molecule has 3 rings (SSSR count). The molecule has 0 amide bonds. The molecular weight excluding hydrogens is 300 g/mol. The first-order valence-electron chi connectivity index (χ1n) is 6.78. The zero-order chi connectivity index (χ0) is 13.8. The first-order valence-corrected chi connectivity index (χ1v) is 7.59. The molecule has 1 heterocycles. The van der Waals surface area contributed by atoms with Crippen LogP contribution in [0.25, 0.3) is 16.3 Å². The molecule has 108 valence electrons. The van der Waals surface area contributed by atoms with Gasteiger partial charge in [0.05, 0.1) is 0 Å². The van der Waals surface area contributed by atoms with Crippen molar-refractivity contribution in [1.29, 1.82) is 0 Å². The number of aromatic nitrogens is 1. The number of nitrogens with zero attached hydrogens (tertiary/aromatic N) is 1. The van der Waals surface area contributed by atoms with E-state index in [1.807, 2.05) is 35.7 Å². The fraction of sp³-hybridized carbons (Fsp3) is 0.118. The molecular formula is C17H17ClN2S. The van der Waals surface area contributed by atoms with Gasteiger partial charge >= 0.3 is 0 Å². The summed E-state index contributed by atoms with van der Waals surface area (Å²) in [5.74, 6) is 0. The van der Waals surface area contributed by atoms with Gasteiger partial charge in [0.2, 0.25) is 5.52 Å². The Morgan fingerprint density at radius 2 is 1.76 bits per heavy atom. The molecule has 0 fully saturated rings. The van der Waals surface area contributed by atoms with Gasteiger partial charge in [0.1, 0.15) is 11.2 Å². The van der Waals surface area contributed by atoms with Crippen LogP contribution in [-0.2, 0) is 6.54 Å². The van der Waals surface area contributed by atoms with Gasteiger partial charge in [-0.1, -0.05) is 41.7 Å². The lowest BCUT2D eigenvalue weighted by atomic mass is 10.3. The Hall–Kier alpha value is -1.84. The molecule has 0 saturated carbocycles. The molecule has 0 radical (unpaired) electrons. The van der Waals surface area contributed by atoms with Crippen molar-refractivity contribution < 1.29 is 17.0 Å². The summed E-state index contributed by atoms with van der Waals surface area (Å²) in [4.78, 5) is 0. The average Bonchev–Trinajstić information content (AvgIpc) is 2.86. The van der Waals surface area contributed by atoms with Gasteiger partial charge in [-0.2, -0.15) is 4.57 Å². The first kappa shape index (κ1) is 15.5. The van der Waals surface area contributed by atoms with Crippen molar-refractivity contribution in [3.8, 4) is 0 Å². The number of hydrogen-bond acceptors (Lipinski definition) is 2. The van der Waals surface area contributed by atoms with Crippen molar-refractivity contribution in [2.24, 2.45) is 0 Å². The number of aryl methyl sites for hydroxylation is 1. The van der Waals surface area contributed by atoms with Gasteiger partial charge in [0, 0.05) is 24.0 Å².